The summed E-state index contributed by atoms with van der Waals surface area (Å²) in [6, 6.07) is 2.10. The predicted octanol–water partition coefficient (Wildman–Crippen LogP) is 3.97. The van der Waals surface area contributed by atoms with E-state index in [4.69, 9.17) is 5.73 Å². The fourth-order valence-corrected chi connectivity index (χ4v) is 1.87. The van der Waals surface area contributed by atoms with Gasteiger partial charge in [0.05, 0.1) is 11.3 Å². The van der Waals surface area contributed by atoms with Crippen molar-refractivity contribution in [2.24, 2.45) is 15.3 Å². The molecular weight excluding hydrogens is 302 g/mol. The summed E-state index contributed by atoms with van der Waals surface area (Å²) in [5.74, 6) is 0.664. The van der Waals surface area contributed by atoms with Crippen molar-refractivity contribution in [1.29, 1.82) is 5.26 Å². The van der Waals surface area contributed by atoms with E-state index in [1.807, 2.05) is 34.6 Å². The van der Waals surface area contributed by atoms with Gasteiger partial charge < -0.3 is 5.73 Å². The van der Waals surface area contributed by atoms with E-state index < -0.39 is 0 Å². The van der Waals surface area contributed by atoms with E-state index in [1.54, 1.807) is 6.92 Å². The minimum Gasteiger partial charge on any atom is -0.383 e. The highest BCUT2D eigenvalue weighted by Crippen LogP contribution is 2.28. The van der Waals surface area contributed by atoms with E-state index in [9.17, 15) is 5.26 Å². The predicted molar refractivity (Wildman–Crippen MR) is 96.7 cm³/mol. The smallest absolute Gasteiger partial charge is 0.211 e. The molecule has 0 amide bonds. The molecule has 1 aromatic heterocycles. The van der Waals surface area contributed by atoms with Gasteiger partial charge in [0, 0.05) is 5.70 Å². The van der Waals surface area contributed by atoms with Crippen molar-refractivity contribution in [2.45, 2.75) is 41.5 Å². The van der Waals surface area contributed by atoms with Crippen molar-refractivity contribution >= 4 is 17.3 Å². The first-order valence-corrected chi connectivity index (χ1v) is 7.41. The molecule has 7 heteroatoms. The second kappa shape index (κ2) is 8.02. The Morgan fingerprint density at radius 2 is 1.83 bits per heavy atom. The zero-order chi connectivity index (χ0) is 18.4. The lowest BCUT2D eigenvalue weighted by molar-refractivity contribution is 0.886. The Balaban J connectivity index is 3.41. The van der Waals surface area contributed by atoms with Crippen LogP contribution < -0.4 is 11.2 Å². The molecule has 0 bridgehead atoms. The number of nitrogens with zero attached hydrogens (tertiary/aromatic N) is 5. The topological polar surface area (TPSA) is 112 Å². The molecule has 0 radical (unpaired) electrons. The van der Waals surface area contributed by atoms with Gasteiger partial charge in [-0.25, -0.2) is 4.98 Å². The van der Waals surface area contributed by atoms with Gasteiger partial charge in [-0.1, -0.05) is 12.2 Å². The van der Waals surface area contributed by atoms with E-state index >= 15 is 0 Å². The van der Waals surface area contributed by atoms with Crippen LogP contribution in [-0.2, 0) is 0 Å². The van der Waals surface area contributed by atoms with Crippen molar-refractivity contribution < 1.29 is 0 Å². The molecule has 0 atom stereocenters. The molecule has 0 aliphatic rings. The van der Waals surface area contributed by atoms with Gasteiger partial charge in [0.1, 0.15) is 17.6 Å². The monoisotopic (exact) mass is 325 g/mol. The Labute approximate surface area is 142 Å². The lowest BCUT2D eigenvalue weighted by Gasteiger charge is -2.09. The van der Waals surface area contributed by atoms with Crippen LogP contribution >= 0.6 is 0 Å². The van der Waals surface area contributed by atoms with Gasteiger partial charge in [0.15, 0.2) is 0 Å². The Bertz CT molecular complexity index is 788. The van der Waals surface area contributed by atoms with E-state index in [2.05, 4.69) is 38.4 Å². The third kappa shape index (κ3) is 4.49. The van der Waals surface area contributed by atoms with Crippen molar-refractivity contribution in [3.63, 3.8) is 0 Å². The number of nitrogen functional groups attached to an aromatic ring is 1. The lowest BCUT2D eigenvalue weighted by atomic mass is 10.1. The molecule has 1 aromatic rings. The number of pyridine rings is 1. The van der Waals surface area contributed by atoms with Crippen molar-refractivity contribution in [3.05, 3.63) is 40.2 Å². The van der Waals surface area contributed by atoms with Gasteiger partial charge in [-0.05, 0) is 52.7 Å². The maximum Gasteiger partial charge on any atom is 0.211 e. The highest BCUT2D eigenvalue weighted by molar-refractivity contribution is 6.02. The highest BCUT2D eigenvalue weighted by atomic mass is 15.3. The molecule has 0 fully saturated rings. The van der Waals surface area contributed by atoms with Gasteiger partial charge in [0.2, 0.25) is 5.84 Å². The van der Waals surface area contributed by atoms with Crippen molar-refractivity contribution in [2.75, 3.05) is 5.73 Å². The summed E-state index contributed by atoms with van der Waals surface area (Å²) in [7, 11) is 0. The van der Waals surface area contributed by atoms with E-state index in [-0.39, 0.29) is 5.84 Å². The summed E-state index contributed by atoms with van der Waals surface area (Å²) >= 11 is 0. The molecule has 0 aliphatic carbocycles. The summed E-state index contributed by atoms with van der Waals surface area (Å²) in [4.78, 5) is 4.26. The number of nitriles is 1. The van der Waals surface area contributed by atoms with Gasteiger partial charge in [-0.2, -0.15) is 10.4 Å². The summed E-state index contributed by atoms with van der Waals surface area (Å²) < 4.78 is 0. The number of allylic oxidation sites excluding steroid dienone is 2. The van der Waals surface area contributed by atoms with Crippen LogP contribution in [0.5, 0.6) is 0 Å². The van der Waals surface area contributed by atoms with Crippen LogP contribution in [0.15, 0.2) is 38.8 Å². The molecule has 0 spiro atoms. The minimum atomic E-state index is 0.189. The van der Waals surface area contributed by atoms with E-state index in [0.717, 1.165) is 16.7 Å². The molecule has 126 valence electrons. The lowest BCUT2D eigenvalue weighted by Crippen LogP contribution is -2.08. The summed E-state index contributed by atoms with van der Waals surface area (Å²) in [5.41, 5.74) is 13.4. The fourth-order valence-electron chi connectivity index (χ4n) is 1.87. The van der Waals surface area contributed by atoms with Crippen molar-refractivity contribution in [3.8, 4) is 6.07 Å². The van der Waals surface area contributed by atoms with Gasteiger partial charge in [-0.3, -0.25) is 5.43 Å². The minimum absolute atomic E-state index is 0.189. The molecule has 0 aliphatic heterocycles. The fraction of sp³-hybridized carbons (Fsp3) is 0.353. The molecule has 0 unspecified atom stereocenters. The molecule has 1 rings (SSSR count). The number of hydrogen-bond acceptors (Lipinski definition) is 6. The van der Waals surface area contributed by atoms with Crippen LogP contribution in [0.2, 0.25) is 0 Å². The number of anilines is 1. The Hall–Kier alpha value is -3.01. The maximum absolute atomic E-state index is 9.35. The molecule has 24 heavy (non-hydrogen) atoms. The van der Waals surface area contributed by atoms with E-state index in [0.29, 0.717) is 28.5 Å². The average Bonchev–Trinajstić information content (AvgIpc) is 2.49. The molecule has 3 N–H and O–H groups in total. The number of aromatic nitrogens is 1. The quantitative estimate of drug-likeness (QED) is 0.287. The molecular formula is C17H23N7. The highest BCUT2D eigenvalue weighted by Gasteiger charge is 2.12. The number of hydrogen-bond donors (Lipinski definition) is 2. The number of hydrazone groups is 1. The second-order valence-electron chi connectivity index (χ2n) is 5.70. The maximum atomic E-state index is 9.35. The first kappa shape index (κ1) is 19.0. The summed E-state index contributed by atoms with van der Waals surface area (Å²) in [5, 5.41) is 21.9. The first-order chi connectivity index (χ1) is 11.2. The molecule has 0 saturated carbocycles. The number of amidine groups is 1. The molecule has 0 aromatic carbocycles. The van der Waals surface area contributed by atoms with Crippen LogP contribution in [0.4, 0.5) is 11.5 Å². The standard InChI is InChI=1S/C17H23N7/c1-9(2)14(8-18)17(23-21-10(3)4)24-22-15-11(5)12(6)16(19)20-13(15)7/h21H,3H2,1-2,4-7H3,(H2,19,20). The normalized spacial score (nSPS) is 11.3. The van der Waals surface area contributed by atoms with Gasteiger partial charge in [0.25, 0.3) is 0 Å². The number of nitrogens with one attached hydrogen (secondary N) is 1. The Morgan fingerprint density at radius 1 is 1.21 bits per heavy atom. The molecule has 1 heterocycles. The van der Waals surface area contributed by atoms with Gasteiger partial charge in [-0.15, -0.1) is 10.2 Å². The zero-order valence-electron chi connectivity index (χ0n) is 15.0. The Kier molecular flexibility index (Phi) is 6.36. The number of aryl methyl sites for hydroxylation is 1. The number of nitrogens with two attached hydrogens (primary N) is 1. The Morgan fingerprint density at radius 3 is 2.33 bits per heavy atom. The van der Waals surface area contributed by atoms with Crippen LogP contribution in [0.1, 0.15) is 37.6 Å². The zero-order valence-corrected chi connectivity index (χ0v) is 15.0. The van der Waals surface area contributed by atoms with Crippen molar-refractivity contribution in [1.82, 2.24) is 10.4 Å². The van der Waals surface area contributed by atoms with Crippen LogP contribution in [0.3, 0.4) is 0 Å². The average molecular weight is 325 g/mol. The van der Waals surface area contributed by atoms with Crippen LogP contribution in [0, 0.1) is 32.1 Å². The first-order valence-electron chi connectivity index (χ1n) is 7.41. The van der Waals surface area contributed by atoms with Crippen LogP contribution in [-0.4, -0.2) is 10.8 Å². The van der Waals surface area contributed by atoms with E-state index in [1.165, 1.54) is 0 Å². The third-order valence-corrected chi connectivity index (χ3v) is 3.37. The molecule has 7 nitrogen and oxygen atoms in total. The summed E-state index contributed by atoms with van der Waals surface area (Å²) in [6.45, 7) is 14.7. The number of rotatable bonds is 4. The largest absolute Gasteiger partial charge is 0.383 e. The number of azo groups is 1. The third-order valence-electron chi connectivity index (χ3n) is 3.37. The van der Waals surface area contributed by atoms with Gasteiger partial charge >= 0.3 is 0 Å². The second-order valence-corrected chi connectivity index (χ2v) is 5.70. The van der Waals surface area contributed by atoms with Crippen LogP contribution in [0.25, 0.3) is 0 Å². The SMILES string of the molecule is C=C(C)NN=C(N=Nc1c(C)nc(N)c(C)c1C)C(C#N)=C(C)C. The summed E-state index contributed by atoms with van der Waals surface area (Å²) in [6.07, 6.45) is 0. The molecule has 0 saturated heterocycles.